The van der Waals surface area contributed by atoms with Gasteiger partial charge in [-0.15, -0.1) is 0 Å². The zero-order chi connectivity index (χ0) is 15.6. The summed E-state index contributed by atoms with van der Waals surface area (Å²) < 4.78 is 5.50. The van der Waals surface area contributed by atoms with Crippen LogP contribution in [0.3, 0.4) is 0 Å². The van der Waals surface area contributed by atoms with Crippen LogP contribution >= 0.6 is 11.6 Å². The molecule has 22 heavy (non-hydrogen) atoms. The van der Waals surface area contributed by atoms with Crippen LogP contribution in [0.5, 0.6) is 0 Å². The molecule has 1 saturated carbocycles. The van der Waals surface area contributed by atoms with Crippen molar-refractivity contribution >= 4 is 17.5 Å². The van der Waals surface area contributed by atoms with Crippen molar-refractivity contribution < 1.29 is 9.53 Å². The predicted octanol–water partition coefficient (Wildman–Crippen LogP) is 2.53. The number of methoxy groups -OCH3 is 1. The second-order valence-corrected chi connectivity index (χ2v) is 6.83. The van der Waals surface area contributed by atoms with Crippen LogP contribution in [0, 0.1) is 11.3 Å². The highest BCUT2D eigenvalue weighted by atomic mass is 35.5. The van der Waals surface area contributed by atoms with Crippen molar-refractivity contribution in [3.05, 3.63) is 34.9 Å². The maximum absolute atomic E-state index is 12.4. The molecule has 1 aromatic rings. The zero-order valence-electron chi connectivity index (χ0n) is 12.9. The number of rotatable bonds is 5. The van der Waals surface area contributed by atoms with Crippen LogP contribution in [-0.2, 0) is 9.53 Å². The number of nitrogens with one attached hydrogen (secondary N) is 2. The van der Waals surface area contributed by atoms with Gasteiger partial charge in [0.15, 0.2) is 0 Å². The Labute approximate surface area is 136 Å². The summed E-state index contributed by atoms with van der Waals surface area (Å²) in [5.74, 6) is 0.359. The molecule has 3 rings (SSSR count). The third-order valence-electron chi connectivity index (χ3n) is 5.07. The molecule has 1 saturated heterocycles. The van der Waals surface area contributed by atoms with Crippen LogP contribution in [0.4, 0.5) is 0 Å². The average molecular weight is 323 g/mol. The van der Waals surface area contributed by atoms with Crippen molar-refractivity contribution in [3.63, 3.8) is 0 Å². The van der Waals surface area contributed by atoms with Crippen molar-refractivity contribution in [2.24, 2.45) is 11.3 Å². The van der Waals surface area contributed by atoms with E-state index in [1.54, 1.807) is 7.11 Å². The zero-order valence-corrected chi connectivity index (χ0v) is 13.7. The lowest BCUT2D eigenvalue weighted by Gasteiger charge is -2.23. The van der Waals surface area contributed by atoms with Crippen molar-refractivity contribution in [1.29, 1.82) is 0 Å². The first-order valence-corrected chi connectivity index (χ1v) is 8.29. The minimum atomic E-state index is -0.162. The van der Waals surface area contributed by atoms with Gasteiger partial charge >= 0.3 is 0 Å². The van der Waals surface area contributed by atoms with Gasteiger partial charge in [-0.05, 0) is 55.5 Å². The molecule has 2 fully saturated rings. The molecule has 1 aliphatic heterocycles. The highest BCUT2D eigenvalue weighted by molar-refractivity contribution is 6.30. The highest BCUT2D eigenvalue weighted by Crippen LogP contribution is 2.58. The number of ether oxygens (including phenoxy) is 1. The number of carbonyl (C=O) groups excluding carboxylic acids is 1. The number of hydrogen-bond donors (Lipinski definition) is 2. The number of carbonyl (C=O) groups is 1. The summed E-state index contributed by atoms with van der Waals surface area (Å²) in [7, 11) is 1.66. The van der Waals surface area contributed by atoms with E-state index in [4.69, 9.17) is 16.3 Å². The van der Waals surface area contributed by atoms with E-state index >= 15 is 0 Å². The second kappa shape index (κ2) is 6.57. The van der Waals surface area contributed by atoms with E-state index < -0.39 is 0 Å². The molecular formula is C17H23ClN2O2. The molecule has 0 aromatic heterocycles. The average Bonchev–Trinajstić information content (AvgIpc) is 3.22. The normalized spacial score (nSPS) is 24.0. The Bertz CT molecular complexity index is 543. The van der Waals surface area contributed by atoms with E-state index in [2.05, 4.69) is 10.6 Å². The van der Waals surface area contributed by atoms with Crippen LogP contribution in [0.1, 0.15) is 30.9 Å². The minimum absolute atomic E-state index is 0.162. The maximum Gasteiger partial charge on any atom is 0.223 e. The molecule has 4 nitrogen and oxygen atoms in total. The smallest absolute Gasteiger partial charge is 0.223 e. The molecule has 0 radical (unpaired) electrons. The van der Waals surface area contributed by atoms with Gasteiger partial charge in [0.25, 0.3) is 0 Å². The van der Waals surface area contributed by atoms with Gasteiger partial charge in [-0.1, -0.05) is 23.7 Å². The molecule has 2 unspecified atom stereocenters. The largest absolute Gasteiger partial charge is 0.375 e. The molecule has 2 atom stereocenters. The van der Waals surface area contributed by atoms with E-state index in [0.717, 1.165) is 37.9 Å². The molecule has 120 valence electrons. The first kappa shape index (κ1) is 15.8. The van der Waals surface area contributed by atoms with Gasteiger partial charge in [0.1, 0.15) is 0 Å². The summed E-state index contributed by atoms with van der Waals surface area (Å²) in [5, 5.41) is 7.10. The fraction of sp³-hybridized carbons (Fsp3) is 0.588. The van der Waals surface area contributed by atoms with E-state index in [0.29, 0.717) is 11.6 Å². The van der Waals surface area contributed by atoms with Crippen molar-refractivity contribution in [1.82, 2.24) is 10.6 Å². The molecule has 1 aliphatic carbocycles. The summed E-state index contributed by atoms with van der Waals surface area (Å²) in [6, 6.07) is 7.59. The van der Waals surface area contributed by atoms with Crippen molar-refractivity contribution in [3.8, 4) is 0 Å². The minimum Gasteiger partial charge on any atom is -0.375 e. The van der Waals surface area contributed by atoms with Gasteiger partial charge in [0.2, 0.25) is 5.91 Å². The summed E-state index contributed by atoms with van der Waals surface area (Å²) in [6.45, 7) is 2.56. The summed E-state index contributed by atoms with van der Waals surface area (Å²) in [5.41, 5.74) is 1.26. The van der Waals surface area contributed by atoms with Crippen LogP contribution in [0.25, 0.3) is 0 Å². The summed E-state index contributed by atoms with van der Waals surface area (Å²) in [4.78, 5) is 12.4. The molecule has 0 bridgehead atoms. The van der Waals surface area contributed by atoms with Crippen LogP contribution in [-0.4, -0.2) is 32.7 Å². The quantitative estimate of drug-likeness (QED) is 0.876. The number of benzene rings is 1. The van der Waals surface area contributed by atoms with E-state index in [1.807, 2.05) is 24.3 Å². The van der Waals surface area contributed by atoms with E-state index in [1.165, 1.54) is 0 Å². The highest BCUT2D eigenvalue weighted by Gasteiger charge is 2.57. The Balaban J connectivity index is 1.54. The summed E-state index contributed by atoms with van der Waals surface area (Å²) in [6.07, 6.45) is 3.11. The third kappa shape index (κ3) is 3.29. The third-order valence-corrected chi connectivity index (χ3v) is 5.31. The molecule has 1 amide bonds. The lowest BCUT2D eigenvalue weighted by atomic mass is 9.92. The van der Waals surface area contributed by atoms with Gasteiger partial charge in [0, 0.05) is 24.6 Å². The fourth-order valence-corrected chi connectivity index (χ4v) is 3.75. The SMILES string of the molecule is COC(CNC(=O)C1CC12CCNCC2)c1cccc(Cl)c1. The van der Waals surface area contributed by atoms with Gasteiger partial charge < -0.3 is 15.4 Å². The first-order chi connectivity index (χ1) is 10.6. The first-order valence-electron chi connectivity index (χ1n) is 7.91. The fourth-order valence-electron chi connectivity index (χ4n) is 3.56. The molecule has 2 N–H and O–H groups in total. The van der Waals surface area contributed by atoms with Crippen LogP contribution in [0.15, 0.2) is 24.3 Å². The molecule has 2 aliphatic rings. The van der Waals surface area contributed by atoms with Crippen LogP contribution in [0.2, 0.25) is 5.02 Å². The summed E-state index contributed by atoms with van der Waals surface area (Å²) >= 11 is 6.02. The van der Waals surface area contributed by atoms with Gasteiger partial charge in [-0.25, -0.2) is 0 Å². The lowest BCUT2D eigenvalue weighted by molar-refractivity contribution is -0.123. The van der Waals surface area contributed by atoms with Crippen LogP contribution < -0.4 is 10.6 Å². The molecule has 1 aromatic carbocycles. The van der Waals surface area contributed by atoms with Gasteiger partial charge in [-0.3, -0.25) is 4.79 Å². The number of piperidine rings is 1. The standard InChI is InChI=1S/C17H23ClN2O2/c1-22-15(12-3-2-4-13(18)9-12)11-20-16(21)14-10-17(14)5-7-19-8-6-17/h2-4,9,14-15,19H,5-8,10-11H2,1H3,(H,20,21). The number of hydrogen-bond acceptors (Lipinski definition) is 3. The topological polar surface area (TPSA) is 50.4 Å². The molecule has 5 heteroatoms. The second-order valence-electron chi connectivity index (χ2n) is 6.39. The number of halogens is 1. The Hall–Kier alpha value is -1.10. The lowest BCUT2D eigenvalue weighted by Crippen LogP contribution is -2.35. The Morgan fingerprint density at radius 1 is 1.50 bits per heavy atom. The Kier molecular flexibility index (Phi) is 4.71. The molecular weight excluding hydrogens is 300 g/mol. The van der Waals surface area contributed by atoms with E-state index in [-0.39, 0.29) is 23.3 Å². The maximum atomic E-state index is 12.4. The predicted molar refractivity (Wildman–Crippen MR) is 86.9 cm³/mol. The van der Waals surface area contributed by atoms with E-state index in [9.17, 15) is 4.79 Å². The number of amides is 1. The van der Waals surface area contributed by atoms with Gasteiger partial charge in [0.05, 0.1) is 6.10 Å². The van der Waals surface area contributed by atoms with Crippen molar-refractivity contribution in [2.75, 3.05) is 26.7 Å². The Morgan fingerprint density at radius 3 is 2.95 bits per heavy atom. The Morgan fingerprint density at radius 2 is 2.27 bits per heavy atom. The molecule has 1 heterocycles. The molecule has 1 spiro atoms. The monoisotopic (exact) mass is 322 g/mol. The van der Waals surface area contributed by atoms with Gasteiger partial charge in [-0.2, -0.15) is 0 Å². The van der Waals surface area contributed by atoms with Crippen molar-refractivity contribution in [2.45, 2.75) is 25.4 Å².